The number of pyridine rings is 1. The molecule has 3 N–H and O–H groups in total. The van der Waals surface area contributed by atoms with Crippen LogP contribution in [0.2, 0.25) is 0 Å². The van der Waals surface area contributed by atoms with Crippen LogP contribution < -0.4 is 5.73 Å². The molecule has 1 aromatic heterocycles. The average molecular weight is 295 g/mol. The Morgan fingerprint density at radius 1 is 1.56 bits per heavy atom. The Balaban J connectivity index is 3.20. The summed E-state index contributed by atoms with van der Waals surface area (Å²) in [5.74, 6) is -1.25. The molecule has 0 atom stereocenters. The second-order valence-electron chi connectivity index (χ2n) is 3.08. The van der Waals surface area contributed by atoms with Crippen molar-refractivity contribution in [2.24, 2.45) is 0 Å². The zero-order valence-electron chi connectivity index (χ0n) is 8.08. The molecule has 4 nitrogen and oxygen atoms in total. The zero-order chi connectivity index (χ0) is 12.3. The maximum atomic E-state index is 12.5. The number of nitrogens with zero attached hydrogens (tertiary/aromatic N) is 1. The van der Waals surface area contributed by atoms with Gasteiger partial charge in [0, 0.05) is 10.9 Å². The third-order valence-corrected chi connectivity index (χ3v) is 2.54. The van der Waals surface area contributed by atoms with E-state index in [1.807, 2.05) is 0 Å². The number of aliphatic carboxylic acids is 1. The molecule has 1 rings (SSSR count). The number of aromatic nitrogens is 1. The lowest BCUT2D eigenvalue weighted by Gasteiger charge is -2.10. The first-order valence-electron chi connectivity index (χ1n) is 4.29. The van der Waals surface area contributed by atoms with Crippen LogP contribution in [-0.4, -0.2) is 16.1 Å². The summed E-state index contributed by atoms with van der Waals surface area (Å²) in [7, 11) is 0. The average Bonchev–Trinajstić information content (AvgIpc) is 2.19. The first-order chi connectivity index (χ1) is 7.45. The Bertz CT molecular complexity index is 413. The number of rotatable bonds is 4. The van der Waals surface area contributed by atoms with Gasteiger partial charge in [0.05, 0.1) is 6.42 Å². The van der Waals surface area contributed by atoms with E-state index in [-0.39, 0.29) is 28.7 Å². The summed E-state index contributed by atoms with van der Waals surface area (Å²) >= 11 is 3.04. The molecule has 88 valence electrons. The second-order valence-corrected chi connectivity index (χ2v) is 3.64. The minimum absolute atomic E-state index is 0.164. The molecule has 7 heteroatoms. The summed E-state index contributed by atoms with van der Waals surface area (Å²) in [6, 6.07) is 1.34. The number of halogens is 3. The number of nitrogen functional groups attached to an aromatic ring is 1. The minimum Gasteiger partial charge on any atom is -0.481 e. The molecule has 0 unspecified atom stereocenters. The van der Waals surface area contributed by atoms with Crippen LogP contribution in [-0.2, 0) is 16.5 Å². The second kappa shape index (κ2) is 5.20. The quantitative estimate of drug-likeness (QED) is 0.834. The van der Waals surface area contributed by atoms with Gasteiger partial charge in [-0.25, -0.2) is 13.8 Å². The lowest BCUT2D eigenvalue weighted by molar-refractivity contribution is -0.136. The van der Waals surface area contributed by atoms with E-state index >= 15 is 0 Å². The van der Waals surface area contributed by atoms with Crippen molar-refractivity contribution >= 4 is 27.7 Å². The van der Waals surface area contributed by atoms with E-state index in [9.17, 15) is 13.6 Å². The maximum absolute atomic E-state index is 12.5. The lowest BCUT2D eigenvalue weighted by Crippen LogP contribution is -2.09. The van der Waals surface area contributed by atoms with Crippen LogP contribution in [0.1, 0.15) is 23.2 Å². The summed E-state index contributed by atoms with van der Waals surface area (Å²) in [6.07, 6.45) is -3.06. The Morgan fingerprint density at radius 2 is 2.19 bits per heavy atom. The highest BCUT2D eigenvalue weighted by molar-refractivity contribution is 9.08. The number of carboxylic acid groups (broad SMARTS) is 1. The predicted octanol–water partition coefficient (Wildman–Crippen LogP) is 2.12. The van der Waals surface area contributed by atoms with Gasteiger partial charge >= 0.3 is 5.97 Å². The van der Waals surface area contributed by atoms with Gasteiger partial charge in [-0.05, 0) is 11.6 Å². The van der Waals surface area contributed by atoms with Crippen molar-refractivity contribution in [1.29, 1.82) is 0 Å². The van der Waals surface area contributed by atoms with Gasteiger partial charge in [-0.3, -0.25) is 4.79 Å². The summed E-state index contributed by atoms with van der Waals surface area (Å²) in [5.41, 5.74) is 5.49. The monoisotopic (exact) mass is 294 g/mol. The fraction of sp³-hybridized carbons (Fsp3) is 0.333. The molecule has 0 aliphatic heterocycles. The number of carboxylic acids is 1. The van der Waals surface area contributed by atoms with Gasteiger partial charge in [0.2, 0.25) is 0 Å². The van der Waals surface area contributed by atoms with Crippen LogP contribution in [0.25, 0.3) is 0 Å². The summed E-state index contributed by atoms with van der Waals surface area (Å²) in [4.78, 5) is 14.0. The number of hydrogen-bond acceptors (Lipinski definition) is 3. The molecule has 16 heavy (non-hydrogen) atoms. The van der Waals surface area contributed by atoms with E-state index in [1.165, 1.54) is 6.07 Å². The highest BCUT2D eigenvalue weighted by Crippen LogP contribution is 2.26. The van der Waals surface area contributed by atoms with Crippen molar-refractivity contribution in [2.75, 3.05) is 5.73 Å². The van der Waals surface area contributed by atoms with E-state index in [2.05, 4.69) is 20.9 Å². The molecular weight excluding hydrogens is 286 g/mol. The molecule has 0 bridgehead atoms. The largest absolute Gasteiger partial charge is 0.481 e. The molecule has 1 aromatic rings. The van der Waals surface area contributed by atoms with Gasteiger partial charge in [-0.15, -0.1) is 0 Å². The van der Waals surface area contributed by atoms with E-state index in [0.29, 0.717) is 0 Å². The first-order valence-corrected chi connectivity index (χ1v) is 5.42. The topological polar surface area (TPSA) is 76.2 Å². The van der Waals surface area contributed by atoms with Gasteiger partial charge in [0.1, 0.15) is 11.5 Å². The smallest absolute Gasteiger partial charge is 0.307 e. The highest BCUT2D eigenvalue weighted by atomic mass is 79.9. The predicted molar refractivity (Wildman–Crippen MR) is 57.6 cm³/mol. The number of anilines is 1. The van der Waals surface area contributed by atoms with Crippen molar-refractivity contribution in [2.45, 2.75) is 18.2 Å². The number of alkyl halides is 3. The van der Waals surface area contributed by atoms with Crippen LogP contribution in [0.15, 0.2) is 6.07 Å². The lowest BCUT2D eigenvalue weighted by atomic mass is 10.1. The molecule has 0 saturated carbocycles. The SMILES string of the molecule is Nc1nc(C(F)F)c(CBr)cc1CC(=O)O. The molecule has 0 spiro atoms. The van der Waals surface area contributed by atoms with Crippen LogP contribution >= 0.6 is 15.9 Å². The molecule has 0 radical (unpaired) electrons. The van der Waals surface area contributed by atoms with Crippen LogP contribution in [0.5, 0.6) is 0 Å². The van der Waals surface area contributed by atoms with E-state index in [1.54, 1.807) is 0 Å². The van der Waals surface area contributed by atoms with Gasteiger partial charge in [0.25, 0.3) is 6.43 Å². The highest BCUT2D eigenvalue weighted by Gasteiger charge is 2.18. The first kappa shape index (κ1) is 12.8. The molecule has 0 amide bonds. The van der Waals surface area contributed by atoms with Gasteiger partial charge < -0.3 is 10.8 Å². The van der Waals surface area contributed by atoms with Crippen molar-refractivity contribution in [3.63, 3.8) is 0 Å². The minimum atomic E-state index is -2.73. The third kappa shape index (κ3) is 2.88. The number of hydrogen-bond donors (Lipinski definition) is 2. The van der Waals surface area contributed by atoms with Crippen molar-refractivity contribution in [3.8, 4) is 0 Å². The van der Waals surface area contributed by atoms with Crippen LogP contribution in [0.3, 0.4) is 0 Å². The van der Waals surface area contributed by atoms with Crippen LogP contribution in [0, 0.1) is 0 Å². The number of carbonyl (C=O) groups is 1. The summed E-state index contributed by atoms with van der Waals surface area (Å²) < 4.78 is 25.1. The van der Waals surface area contributed by atoms with Gasteiger partial charge in [-0.2, -0.15) is 0 Å². The Labute approximate surface area is 98.6 Å². The maximum Gasteiger partial charge on any atom is 0.307 e. The van der Waals surface area contributed by atoms with Gasteiger partial charge in [-0.1, -0.05) is 15.9 Å². The van der Waals surface area contributed by atoms with E-state index < -0.39 is 18.1 Å². The molecule has 0 aliphatic rings. The molecule has 0 saturated heterocycles. The fourth-order valence-electron chi connectivity index (χ4n) is 1.23. The molecule has 1 heterocycles. The Kier molecular flexibility index (Phi) is 4.17. The Morgan fingerprint density at radius 3 is 2.62 bits per heavy atom. The number of nitrogens with two attached hydrogens (primary N) is 1. The molecule has 0 aromatic carbocycles. The molecular formula is C9H9BrF2N2O2. The van der Waals surface area contributed by atoms with Gasteiger partial charge in [0.15, 0.2) is 0 Å². The normalized spacial score (nSPS) is 10.8. The summed E-state index contributed by atoms with van der Waals surface area (Å²) in [6.45, 7) is 0. The summed E-state index contributed by atoms with van der Waals surface area (Å²) in [5, 5.41) is 8.76. The van der Waals surface area contributed by atoms with Crippen molar-refractivity contribution in [3.05, 3.63) is 22.9 Å². The molecule has 0 fully saturated rings. The standard InChI is InChI=1S/C9H9BrF2N2O2/c10-3-5-1-4(2-6(15)16)9(13)14-7(5)8(11)12/h1,8H,2-3H2,(H2,13,14)(H,15,16). The van der Waals surface area contributed by atoms with Crippen molar-refractivity contribution in [1.82, 2.24) is 4.98 Å². The van der Waals surface area contributed by atoms with E-state index in [4.69, 9.17) is 10.8 Å². The Hall–Kier alpha value is -1.24. The zero-order valence-corrected chi connectivity index (χ0v) is 9.67. The molecule has 0 aliphatic carbocycles. The van der Waals surface area contributed by atoms with Crippen LogP contribution in [0.4, 0.5) is 14.6 Å². The van der Waals surface area contributed by atoms with E-state index in [0.717, 1.165) is 0 Å². The third-order valence-electron chi connectivity index (χ3n) is 1.94. The fourth-order valence-corrected chi connectivity index (χ4v) is 1.68. The van der Waals surface area contributed by atoms with Crippen molar-refractivity contribution < 1.29 is 18.7 Å².